The quantitative estimate of drug-likeness (QED) is 0.760. The normalized spacial score (nSPS) is 20.3. The van der Waals surface area contributed by atoms with Crippen LogP contribution in [0.5, 0.6) is 0 Å². The monoisotopic (exact) mass is 387 g/mol. The zero-order valence-corrected chi connectivity index (χ0v) is 14.7. The van der Waals surface area contributed by atoms with Crippen LogP contribution < -0.4 is 5.32 Å². The number of hydrogen-bond acceptors (Lipinski definition) is 2. The van der Waals surface area contributed by atoms with Gasteiger partial charge < -0.3 is 9.88 Å². The molecule has 1 atom stereocenters. The van der Waals surface area contributed by atoms with E-state index in [0.29, 0.717) is 30.0 Å². The Morgan fingerprint density at radius 1 is 1.27 bits per heavy atom. The molecular weight excluding hydrogens is 370 g/mol. The number of halogens is 5. The fourth-order valence-electron chi connectivity index (χ4n) is 3.59. The highest BCUT2D eigenvalue weighted by Crippen LogP contribution is 2.42. The van der Waals surface area contributed by atoms with Crippen molar-refractivity contribution in [2.45, 2.75) is 50.4 Å². The molecule has 1 N–H and O–H groups in total. The average Bonchev–Trinajstić information content (AvgIpc) is 3.37. The molecule has 2 aromatic rings. The van der Waals surface area contributed by atoms with Crippen LogP contribution in [0, 0.1) is 5.82 Å². The van der Waals surface area contributed by atoms with E-state index >= 15 is 0 Å². The number of nitrogens with zero attached hydrogens (tertiary/aromatic N) is 2. The van der Waals surface area contributed by atoms with Crippen molar-refractivity contribution in [1.82, 2.24) is 14.9 Å². The van der Waals surface area contributed by atoms with Gasteiger partial charge in [0.1, 0.15) is 11.6 Å². The maximum atomic E-state index is 14.1. The summed E-state index contributed by atoms with van der Waals surface area (Å²) in [6.07, 6.45) is -1.42. The maximum Gasteiger partial charge on any atom is 0.416 e. The average molecular weight is 388 g/mol. The maximum absolute atomic E-state index is 14.1. The van der Waals surface area contributed by atoms with Crippen LogP contribution in [0.25, 0.3) is 0 Å². The van der Waals surface area contributed by atoms with E-state index in [1.165, 1.54) is 6.07 Å². The van der Waals surface area contributed by atoms with Crippen LogP contribution in [0.15, 0.2) is 18.2 Å². The van der Waals surface area contributed by atoms with E-state index in [1.807, 2.05) is 0 Å². The molecule has 0 spiro atoms. The summed E-state index contributed by atoms with van der Waals surface area (Å²) in [7, 11) is 0. The van der Waals surface area contributed by atoms with E-state index in [-0.39, 0.29) is 11.6 Å². The summed E-state index contributed by atoms with van der Waals surface area (Å²) in [5.41, 5.74) is 0.215. The first-order valence-electron chi connectivity index (χ1n) is 8.69. The number of fused-ring (bicyclic) bond motifs is 1. The first-order valence-corrected chi connectivity index (χ1v) is 9.07. The van der Waals surface area contributed by atoms with Crippen molar-refractivity contribution in [2.75, 3.05) is 6.54 Å². The highest BCUT2D eigenvalue weighted by atomic mass is 35.5. The Balaban J connectivity index is 1.51. The van der Waals surface area contributed by atoms with Gasteiger partial charge in [-0.3, -0.25) is 0 Å². The molecule has 0 amide bonds. The van der Waals surface area contributed by atoms with Crippen LogP contribution in [0.3, 0.4) is 0 Å². The molecule has 3 nitrogen and oxygen atoms in total. The smallest absolute Gasteiger partial charge is 0.328 e. The molecule has 1 aliphatic carbocycles. The first-order chi connectivity index (χ1) is 12.3. The highest BCUT2D eigenvalue weighted by Gasteiger charge is 2.34. The van der Waals surface area contributed by atoms with Gasteiger partial charge in [-0.05, 0) is 43.4 Å². The lowest BCUT2D eigenvalue weighted by Crippen LogP contribution is -2.34. The number of hydrogen-bond donors (Lipinski definition) is 1. The minimum Gasteiger partial charge on any atom is -0.328 e. The van der Waals surface area contributed by atoms with E-state index in [0.717, 1.165) is 43.5 Å². The molecule has 0 bridgehead atoms. The summed E-state index contributed by atoms with van der Waals surface area (Å²) >= 11 is 6.34. The molecule has 0 radical (unpaired) electrons. The van der Waals surface area contributed by atoms with E-state index in [4.69, 9.17) is 11.6 Å². The van der Waals surface area contributed by atoms with Crippen molar-refractivity contribution in [3.8, 4) is 0 Å². The fraction of sp³-hybridized carbons (Fsp3) is 0.500. The summed E-state index contributed by atoms with van der Waals surface area (Å²) in [5.74, 6) is 0.679. The van der Waals surface area contributed by atoms with Gasteiger partial charge in [0.15, 0.2) is 5.15 Å². The molecule has 1 aromatic carbocycles. The lowest BCUT2D eigenvalue weighted by atomic mass is 10.0. The van der Waals surface area contributed by atoms with Gasteiger partial charge in [-0.25, -0.2) is 9.37 Å². The van der Waals surface area contributed by atoms with Crippen LogP contribution in [0.1, 0.15) is 53.9 Å². The summed E-state index contributed by atoms with van der Waals surface area (Å²) < 4.78 is 54.2. The second kappa shape index (κ2) is 6.53. The third-order valence-corrected chi connectivity index (χ3v) is 5.35. The Labute approximate surface area is 153 Å². The van der Waals surface area contributed by atoms with Crippen molar-refractivity contribution in [1.29, 1.82) is 0 Å². The number of benzene rings is 1. The Hall–Kier alpha value is -1.60. The zero-order valence-electron chi connectivity index (χ0n) is 13.9. The van der Waals surface area contributed by atoms with Gasteiger partial charge in [-0.15, -0.1) is 0 Å². The van der Waals surface area contributed by atoms with Gasteiger partial charge in [0.2, 0.25) is 0 Å². The van der Waals surface area contributed by atoms with Gasteiger partial charge in [-0.2, -0.15) is 13.2 Å². The topological polar surface area (TPSA) is 29.9 Å². The van der Waals surface area contributed by atoms with Gasteiger partial charge >= 0.3 is 6.18 Å². The largest absolute Gasteiger partial charge is 0.416 e. The third kappa shape index (κ3) is 3.34. The van der Waals surface area contributed by atoms with Gasteiger partial charge in [0.25, 0.3) is 0 Å². The first kappa shape index (κ1) is 17.8. The molecule has 0 saturated heterocycles. The van der Waals surface area contributed by atoms with E-state index in [9.17, 15) is 17.6 Å². The molecule has 1 aliphatic heterocycles. The summed E-state index contributed by atoms with van der Waals surface area (Å²) in [6.45, 7) is 1.56. The van der Waals surface area contributed by atoms with Crippen molar-refractivity contribution < 1.29 is 17.6 Å². The second-order valence-corrected chi connectivity index (χ2v) is 7.28. The minimum absolute atomic E-state index is 0.0852. The van der Waals surface area contributed by atoms with E-state index < -0.39 is 17.6 Å². The molecule has 1 saturated carbocycles. The molecule has 140 valence electrons. The van der Waals surface area contributed by atoms with Crippen molar-refractivity contribution in [3.05, 3.63) is 51.8 Å². The van der Waals surface area contributed by atoms with Crippen molar-refractivity contribution in [2.24, 2.45) is 0 Å². The van der Waals surface area contributed by atoms with Crippen LogP contribution in [0.2, 0.25) is 5.15 Å². The van der Waals surface area contributed by atoms with Crippen LogP contribution in [-0.2, 0) is 19.1 Å². The lowest BCUT2D eigenvalue weighted by Gasteiger charge is -2.27. The molecule has 26 heavy (non-hydrogen) atoms. The Morgan fingerprint density at radius 3 is 2.69 bits per heavy atom. The van der Waals surface area contributed by atoms with E-state index in [2.05, 4.69) is 14.9 Å². The number of rotatable bonds is 4. The number of imidazole rings is 1. The number of aryl methyl sites for hydroxylation is 1. The van der Waals surface area contributed by atoms with E-state index in [1.54, 1.807) is 0 Å². The molecule has 1 fully saturated rings. The summed E-state index contributed by atoms with van der Waals surface area (Å²) in [4.78, 5) is 4.50. The summed E-state index contributed by atoms with van der Waals surface area (Å²) in [6, 6.07) is 2.62. The predicted octanol–water partition coefficient (Wildman–Crippen LogP) is 4.85. The Bertz CT molecular complexity index is 827. The van der Waals surface area contributed by atoms with Gasteiger partial charge in [-0.1, -0.05) is 17.7 Å². The van der Waals surface area contributed by atoms with Crippen LogP contribution >= 0.6 is 11.6 Å². The van der Waals surface area contributed by atoms with Gasteiger partial charge in [0.05, 0.1) is 17.3 Å². The molecular formula is C18H18ClF4N3. The SMILES string of the molecule is Fc1cc(C(F)(F)F)ccc1CCC1NCCn2c(C3CC3)nc(Cl)c21. The fourth-order valence-corrected chi connectivity index (χ4v) is 3.91. The second-order valence-electron chi connectivity index (χ2n) is 6.92. The lowest BCUT2D eigenvalue weighted by molar-refractivity contribution is -0.137. The Morgan fingerprint density at radius 2 is 2.04 bits per heavy atom. The molecule has 2 heterocycles. The van der Waals surface area contributed by atoms with Crippen molar-refractivity contribution >= 4 is 11.6 Å². The standard InChI is InChI=1S/C18H18ClF4N3/c19-16-15-14(24-7-8-26(15)17(25-16)11-1-2-11)6-4-10-3-5-12(9-13(10)20)18(21,22)23/h3,5,9,11,14,24H,1-2,4,6-8H2. The van der Waals surface area contributed by atoms with Crippen LogP contribution in [-0.4, -0.2) is 16.1 Å². The zero-order chi connectivity index (χ0) is 18.5. The Kier molecular flexibility index (Phi) is 4.47. The molecule has 4 rings (SSSR count). The van der Waals surface area contributed by atoms with Crippen molar-refractivity contribution in [3.63, 3.8) is 0 Å². The minimum atomic E-state index is -4.54. The molecule has 1 aromatic heterocycles. The number of alkyl halides is 3. The molecule has 2 aliphatic rings. The number of aromatic nitrogens is 2. The predicted molar refractivity (Wildman–Crippen MR) is 89.7 cm³/mol. The number of nitrogens with one attached hydrogen (secondary N) is 1. The van der Waals surface area contributed by atoms with Crippen LogP contribution in [0.4, 0.5) is 17.6 Å². The highest BCUT2D eigenvalue weighted by molar-refractivity contribution is 6.30. The third-order valence-electron chi connectivity index (χ3n) is 5.07. The summed E-state index contributed by atoms with van der Waals surface area (Å²) in [5, 5.41) is 3.84. The molecule has 1 unspecified atom stereocenters. The van der Waals surface area contributed by atoms with Gasteiger partial charge in [0, 0.05) is 19.0 Å². The molecule has 8 heteroatoms.